The number of pyridine rings is 2. The van der Waals surface area contributed by atoms with Crippen molar-refractivity contribution in [2.24, 2.45) is 0 Å². The number of anilines is 1. The van der Waals surface area contributed by atoms with Gasteiger partial charge in [0.25, 0.3) is 5.91 Å². The van der Waals surface area contributed by atoms with E-state index in [1.165, 1.54) is 0 Å². The van der Waals surface area contributed by atoms with Crippen molar-refractivity contribution in [3.8, 4) is 5.69 Å². The summed E-state index contributed by atoms with van der Waals surface area (Å²) in [6.07, 6.45) is 3.56. The maximum absolute atomic E-state index is 13.9. The molecule has 1 aliphatic heterocycles. The molecule has 0 saturated carbocycles. The van der Waals surface area contributed by atoms with E-state index >= 15 is 0 Å². The lowest BCUT2D eigenvalue weighted by Crippen LogP contribution is -2.49. The zero-order valence-corrected chi connectivity index (χ0v) is 19.6. The summed E-state index contributed by atoms with van der Waals surface area (Å²) in [5.41, 5.74) is 3.24. The van der Waals surface area contributed by atoms with Crippen molar-refractivity contribution in [2.75, 3.05) is 18.0 Å². The van der Waals surface area contributed by atoms with Gasteiger partial charge in [-0.1, -0.05) is 35.0 Å². The number of carbonyl (C=O) groups excluding carboxylic acids is 1. The maximum atomic E-state index is 13.9. The van der Waals surface area contributed by atoms with Gasteiger partial charge in [-0.15, -0.1) is 5.10 Å². The molecule has 6 rings (SSSR count). The van der Waals surface area contributed by atoms with Crippen LogP contribution in [0.4, 0.5) is 5.82 Å². The Labute approximate surface area is 206 Å². The number of benzene rings is 2. The molecule has 1 atom stereocenters. The van der Waals surface area contributed by atoms with E-state index in [0.29, 0.717) is 39.8 Å². The lowest BCUT2D eigenvalue weighted by molar-refractivity contribution is 0.0971. The molecule has 3 aromatic heterocycles. The Hall–Kier alpha value is -3.88. The van der Waals surface area contributed by atoms with Crippen molar-refractivity contribution >= 4 is 45.4 Å². The summed E-state index contributed by atoms with van der Waals surface area (Å²) in [5, 5.41) is 13.1. The summed E-state index contributed by atoms with van der Waals surface area (Å²) < 4.78 is 1.61. The van der Waals surface area contributed by atoms with Crippen molar-refractivity contribution in [1.82, 2.24) is 30.3 Å². The van der Waals surface area contributed by atoms with Crippen molar-refractivity contribution < 1.29 is 4.79 Å². The fourth-order valence-electron chi connectivity index (χ4n) is 4.58. The van der Waals surface area contributed by atoms with Gasteiger partial charge in [0.1, 0.15) is 11.3 Å². The smallest absolute Gasteiger partial charge is 0.261 e. The van der Waals surface area contributed by atoms with Crippen LogP contribution in [0.1, 0.15) is 23.2 Å². The zero-order valence-electron chi connectivity index (χ0n) is 18.8. The largest absolute Gasteiger partial charge is 0.315 e. The number of rotatable bonds is 4. The second-order valence-corrected chi connectivity index (χ2v) is 8.96. The van der Waals surface area contributed by atoms with Gasteiger partial charge in [0.05, 0.1) is 27.8 Å². The van der Waals surface area contributed by atoms with E-state index < -0.39 is 0 Å². The van der Waals surface area contributed by atoms with Gasteiger partial charge in [0.2, 0.25) is 0 Å². The molecule has 0 radical (unpaired) electrons. The first-order chi connectivity index (χ1) is 17.2. The Morgan fingerprint density at radius 2 is 1.94 bits per heavy atom. The molecule has 1 N–H and O–H groups in total. The van der Waals surface area contributed by atoms with Gasteiger partial charge in [-0.2, -0.15) is 4.68 Å². The summed E-state index contributed by atoms with van der Waals surface area (Å²) in [4.78, 5) is 24.9. The lowest BCUT2D eigenvalue weighted by Gasteiger charge is -2.34. The molecule has 174 valence electrons. The third-order valence-electron chi connectivity index (χ3n) is 6.32. The van der Waals surface area contributed by atoms with Crippen LogP contribution in [-0.2, 0) is 0 Å². The number of amides is 1. The standard InChI is InChI=1S/C26H22ClN7O/c27-21-15-18(34-25-23(31-32-34)8-4-14-29-25)10-11-20(21)26(35)33(19-6-3-13-28-16-19)24-12-9-17-5-1-2-7-22(17)30-24/h1-2,4-5,7-12,14-15,19,28H,3,6,13,16H2/t19-/m1/s1. The third kappa shape index (κ3) is 4.00. The summed E-state index contributed by atoms with van der Waals surface area (Å²) in [7, 11) is 0. The maximum Gasteiger partial charge on any atom is 0.261 e. The first-order valence-electron chi connectivity index (χ1n) is 11.6. The molecule has 0 unspecified atom stereocenters. The molecule has 1 aliphatic rings. The summed E-state index contributed by atoms with van der Waals surface area (Å²) in [5.74, 6) is 0.439. The average Bonchev–Trinajstić information content (AvgIpc) is 3.33. The van der Waals surface area contributed by atoms with E-state index in [-0.39, 0.29) is 11.9 Å². The highest BCUT2D eigenvalue weighted by Gasteiger charge is 2.30. The zero-order chi connectivity index (χ0) is 23.8. The molecule has 2 aromatic carbocycles. The molecular formula is C26H22ClN7O. The van der Waals surface area contributed by atoms with Crippen LogP contribution in [0.15, 0.2) is 72.9 Å². The van der Waals surface area contributed by atoms with Gasteiger partial charge in [-0.05, 0) is 67.9 Å². The van der Waals surface area contributed by atoms with E-state index in [0.717, 1.165) is 30.3 Å². The quantitative estimate of drug-likeness (QED) is 0.407. The van der Waals surface area contributed by atoms with Crippen LogP contribution in [0.5, 0.6) is 0 Å². The van der Waals surface area contributed by atoms with E-state index in [9.17, 15) is 4.79 Å². The lowest BCUT2D eigenvalue weighted by atomic mass is 10.0. The van der Waals surface area contributed by atoms with Crippen LogP contribution >= 0.6 is 11.6 Å². The second kappa shape index (κ2) is 9.05. The van der Waals surface area contributed by atoms with Crippen molar-refractivity contribution in [3.63, 3.8) is 0 Å². The van der Waals surface area contributed by atoms with Gasteiger partial charge < -0.3 is 5.32 Å². The Kier molecular flexibility index (Phi) is 5.60. The number of nitrogens with one attached hydrogen (secondary N) is 1. The van der Waals surface area contributed by atoms with Gasteiger partial charge in [-0.25, -0.2) is 9.97 Å². The van der Waals surface area contributed by atoms with Crippen LogP contribution in [-0.4, -0.2) is 50.0 Å². The van der Waals surface area contributed by atoms with Crippen LogP contribution in [0.3, 0.4) is 0 Å². The van der Waals surface area contributed by atoms with Crippen LogP contribution in [0.2, 0.25) is 5.02 Å². The number of para-hydroxylation sites is 1. The van der Waals surface area contributed by atoms with Gasteiger partial charge in [-0.3, -0.25) is 9.69 Å². The molecule has 1 amide bonds. The summed E-state index contributed by atoms with van der Waals surface area (Å²) in [6.45, 7) is 1.64. The van der Waals surface area contributed by atoms with Gasteiger partial charge in [0, 0.05) is 18.1 Å². The minimum atomic E-state index is -0.181. The Bertz CT molecular complexity index is 1540. The highest BCUT2D eigenvalue weighted by Crippen LogP contribution is 2.28. The molecule has 4 heterocycles. The Morgan fingerprint density at radius 1 is 1.06 bits per heavy atom. The third-order valence-corrected chi connectivity index (χ3v) is 6.63. The molecule has 0 spiro atoms. The average molecular weight is 484 g/mol. The second-order valence-electron chi connectivity index (χ2n) is 8.55. The monoisotopic (exact) mass is 483 g/mol. The normalized spacial score (nSPS) is 16.0. The summed E-state index contributed by atoms with van der Waals surface area (Å²) in [6, 6.07) is 20.7. The van der Waals surface area contributed by atoms with E-state index in [2.05, 4.69) is 20.6 Å². The first kappa shape index (κ1) is 21.6. The van der Waals surface area contributed by atoms with Crippen LogP contribution < -0.4 is 10.2 Å². The fourth-order valence-corrected chi connectivity index (χ4v) is 4.83. The number of piperidine rings is 1. The van der Waals surface area contributed by atoms with Crippen LogP contribution in [0.25, 0.3) is 27.8 Å². The van der Waals surface area contributed by atoms with Gasteiger partial charge >= 0.3 is 0 Å². The molecule has 9 heteroatoms. The molecule has 0 aliphatic carbocycles. The van der Waals surface area contributed by atoms with Crippen LogP contribution in [0, 0.1) is 0 Å². The minimum Gasteiger partial charge on any atom is -0.315 e. The summed E-state index contributed by atoms with van der Waals surface area (Å²) >= 11 is 6.69. The Morgan fingerprint density at radius 3 is 2.80 bits per heavy atom. The molecular weight excluding hydrogens is 462 g/mol. The molecule has 8 nitrogen and oxygen atoms in total. The molecule has 5 aromatic rings. The predicted molar refractivity (Wildman–Crippen MR) is 136 cm³/mol. The number of fused-ring (bicyclic) bond motifs is 2. The van der Waals surface area contributed by atoms with Crippen molar-refractivity contribution in [2.45, 2.75) is 18.9 Å². The van der Waals surface area contributed by atoms with E-state index in [4.69, 9.17) is 16.6 Å². The highest BCUT2D eigenvalue weighted by atomic mass is 35.5. The Balaban J connectivity index is 1.39. The molecule has 0 bridgehead atoms. The SMILES string of the molecule is O=C(c1ccc(-n2nnc3cccnc32)cc1Cl)N(c1ccc2ccccc2n1)[C@@H]1CCCNC1. The van der Waals surface area contributed by atoms with E-state index in [1.807, 2.05) is 54.6 Å². The topological polar surface area (TPSA) is 88.8 Å². The molecule has 35 heavy (non-hydrogen) atoms. The number of carbonyl (C=O) groups is 1. The number of hydrogen-bond acceptors (Lipinski definition) is 6. The van der Waals surface area contributed by atoms with Gasteiger partial charge in [0.15, 0.2) is 5.65 Å². The van der Waals surface area contributed by atoms with Crippen molar-refractivity contribution in [1.29, 1.82) is 0 Å². The number of hydrogen-bond donors (Lipinski definition) is 1. The fraction of sp³-hybridized carbons (Fsp3) is 0.192. The highest BCUT2D eigenvalue weighted by molar-refractivity contribution is 6.34. The molecule has 1 fully saturated rings. The predicted octanol–water partition coefficient (Wildman–Crippen LogP) is 4.42. The molecule has 1 saturated heterocycles. The van der Waals surface area contributed by atoms with Crippen molar-refractivity contribution in [3.05, 3.63) is 83.5 Å². The number of aromatic nitrogens is 5. The van der Waals surface area contributed by atoms with E-state index in [1.54, 1.807) is 27.9 Å². The first-order valence-corrected chi connectivity index (χ1v) is 11.9. The number of halogens is 1. The number of nitrogens with zero attached hydrogens (tertiary/aromatic N) is 6. The minimum absolute atomic E-state index is 0.0240.